The lowest BCUT2D eigenvalue weighted by Crippen LogP contribution is -2.38. The van der Waals surface area contributed by atoms with E-state index < -0.39 is 10.0 Å². The Hall–Kier alpha value is -2.25. The summed E-state index contributed by atoms with van der Waals surface area (Å²) in [5, 5.41) is 2.83. The van der Waals surface area contributed by atoms with Gasteiger partial charge in [-0.15, -0.1) is 0 Å². The molecule has 156 valence electrons. The van der Waals surface area contributed by atoms with Crippen molar-refractivity contribution in [3.05, 3.63) is 65.0 Å². The number of aryl methyl sites for hydroxylation is 1. The fourth-order valence-electron chi connectivity index (χ4n) is 3.45. The second-order valence-corrected chi connectivity index (χ2v) is 9.63. The van der Waals surface area contributed by atoms with Gasteiger partial charge in [0.25, 0.3) is 5.91 Å². The number of carbonyl (C=O) groups excluding carboxylic acids is 1. The molecular weight excluding hydrogens is 391 g/mol. The molecule has 1 amide bonds. The molecule has 1 fully saturated rings. The highest BCUT2D eigenvalue weighted by atomic mass is 32.2. The van der Waals surface area contributed by atoms with Crippen molar-refractivity contribution < 1.29 is 17.6 Å². The zero-order chi connectivity index (χ0) is 21.0. The predicted octanol–water partition coefficient (Wildman–Crippen LogP) is 3.53. The average Bonchev–Trinajstić information content (AvgIpc) is 2.70. The number of nitrogens with one attached hydrogen (secondary N) is 1. The molecule has 1 heterocycles. The van der Waals surface area contributed by atoms with Gasteiger partial charge in [0, 0.05) is 25.2 Å². The van der Waals surface area contributed by atoms with Crippen molar-refractivity contribution in [2.24, 2.45) is 5.92 Å². The second-order valence-electron chi connectivity index (χ2n) is 7.70. The molecule has 2 aromatic carbocycles. The first kappa shape index (κ1) is 21.5. The van der Waals surface area contributed by atoms with Gasteiger partial charge in [-0.1, -0.05) is 25.1 Å². The maximum Gasteiger partial charge on any atom is 0.251 e. The van der Waals surface area contributed by atoms with Crippen LogP contribution in [0.5, 0.6) is 0 Å². The lowest BCUT2D eigenvalue weighted by molar-refractivity contribution is 0.0953. The van der Waals surface area contributed by atoms with Gasteiger partial charge in [-0.25, -0.2) is 12.8 Å². The third-order valence-electron chi connectivity index (χ3n) is 5.45. The van der Waals surface area contributed by atoms with Crippen molar-refractivity contribution in [1.29, 1.82) is 0 Å². The lowest BCUT2D eigenvalue weighted by atomic mass is 10.0. The smallest absolute Gasteiger partial charge is 0.251 e. The van der Waals surface area contributed by atoms with Crippen molar-refractivity contribution in [3.8, 4) is 0 Å². The van der Waals surface area contributed by atoms with E-state index in [1.165, 1.54) is 22.5 Å². The quantitative estimate of drug-likeness (QED) is 0.781. The van der Waals surface area contributed by atoms with Crippen LogP contribution >= 0.6 is 0 Å². The summed E-state index contributed by atoms with van der Waals surface area (Å²) in [6, 6.07) is 10.8. The van der Waals surface area contributed by atoms with Crippen LogP contribution in [-0.4, -0.2) is 38.3 Å². The molecule has 29 heavy (non-hydrogen) atoms. The zero-order valence-electron chi connectivity index (χ0n) is 16.8. The van der Waals surface area contributed by atoms with E-state index in [1.54, 1.807) is 31.2 Å². The largest absolute Gasteiger partial charge is 0.352 e. The summed E-state index contributed by atoms with van der Waals surface area (Å²) in [4.78, 5) is 12.8. The van der Waals surface area contributed by atoms with Gasteiger partial charge in [-0.2, -0.15) is 4.31 Å². The van der Waals surface area contributed by atoms with E-state index in [0.29, 0.717) is 37.5 Å². The summed E-state index contributed by atoms with van der Waals surface area (Å²) in [6.45, 7) is 5.32. The van der Waals surface area contributed by atoms with E-state index in [2.05, 4.69) is 12.2 Å². The molecule has 0 unspecified atom stereocenters. The summed E-state index contributed by atoms with van der Waals surface area (Å²) in [5.74, 6) is -0.0783. The molecule has 0 radical (unpaired) electrons. The van der Waals surface area contributed by atoms with Gasteiger partial charge < -0.3 is 5.32 Å². The van der Waals surface area contributed by atoms with Crippen LogP contribution in [0, 0.1) is 18.7 Å². The van der Waals surface area contributed by atoms with Gasteiger partial charge in [0.15, 0.2) is 0 Å². The van der Waals surface area contributed by atoms with Gasteiger partial charge in [-0.05, 0) is 67.5 Å². The standard InChI is InChI=1S/C22H27FN2O3S/c1-16-10-13-25(14-11-16)29(27,28)20-8-3-17(2)21(15-20)22(26)24-12-9-18-4-6-19(23)7-5-18/h3-8,15-16H,9-14H2,1-2H3,(H,24,26). The maximum atomic E-state index is 13.0. The molecule has 1 saturated heterocycles. The number of carbonyl (C=O) groups is 1. The van der Waals surface area contributed by atoms with Crippen molar-refractivity contribution in [2.75, 3.05) is 19.6 Å². The van der Waals surface area contributed by atoms with Crippen LogP contribution in [0.1, 0.15) is 41.3 Å². The number of hydrogen-bond acceptors (Lipinski definition) is 3. The minimum absolute atomic E-state index is 0.154. The highest BCUT2D eigenvalue weighted by Crippen LogP contribution is 2.25. The number of sulfonamides is 1. The van der Waals surface area contributed by atoms with Crippen LogP contribution in [-0.2, 0) is 16.4 Å². The van der Waals surface area contributed by atoms with Gasteiger partial charge in [0.1, 0.15) is 5.82 Å². The van der Waals surface area contributed by atoms with Crippen molar-refractivity contribution in [2.45, 2.75) is 38.0 Å². The molecule has 0 atom stereocenters. The Kier molecular flexibility index (Phi) is 6.70. The van der Waals surface area contributed by atoms with Crippen LogP contribution in [0.15, 0.2) is 47.4 Å². The van der Waals surface area contributed by atoms with Crippen LogP contribution in [0.4, 0.5) is 4.39 Å². The average molecular weight is 419 g/mol. The molecule has 0 aromatic heterocycles. The molecule has 0 saturated carbocycles. The Morgan fingerprint density at radius 1 is 1.14 bits per heavy atom. The van der Waals surface area contributed by atoms with E-state index in [1.807, 2.05) is 0 Å². The van der Waals surface area contributed by atoms with Gasteiger partial charge in [-0.3, -0.25) is 4.79 Å². The Labute approximate surface area is 172 Å². The van der Waals surface area contributed by atoms with Gasteiger partial charge in [0.2, 0.25) is 10.0 Å². The molecule has 0 aliphatic carbocycles. The molecule has 1 aliphatic rings. The van der Waals surface area contributed by atoms with Crippen molar-refractivity contribution in [1.82, 2.24) is 9.62 Å². The molecule has 0 bridgehead atoms. The number of benzene rings is 2. The lowest BCUT2D eigenvalue weighted by Gasteiger charge is -2.29. The Balaban J connectivity index is 1.69. The second kappa shape index (κ2) is 9.05. The van der Waals surface area contributed by atoms with Gasteiger partial charge in [0.05, 0.1) is 4.90 Å². The number of rotatable bonds is 6. The third-order valence-corrected chi connectivity index (χ3v) is 7.34. The maximum absolute atomic E-state index is 13.0. The van der Waals surface area contributed by atoms with E-state index in [4.69, 9.17) is 0 Å². The van der Waals surface area contributed by atoms with Crippen LogP contribution < -0.4 is 5.32 Å². The monoisotopic (exact) mass is 418 g/mol. The number of piperidine rings is 1. The third kappa shape index (κ3) is 5.22. The molecule has 5 nitrogen and oxygen atoms in total. The molecule has 2 aromatic rings. The summed E-state index contributed by atoms with van der Waals surface area (Å²) >= 11 is 0. The summed E-state index contributed by atoms with van der Waals surface area (Å²) in [5.41, 5.74) is 1.99. The normalized spacial score (nSPS) is 16.0. The first-order valence-corrected chi connectivity index (χ1v) is 11.3. The highest BCUT2D eigenvalue weighted by molar-refractivity contribution is 7.89. The number of amides is 1. The topological polar surface area (TPSA) is 66.5 Å². The Morgan fingerprint density at radius 3 is 2.45 bits per heavy atom. The first-order valence-electron chi connectivity index (χ1n) is 9.91. The van der Waals surface area contributed by atoms with E-state index in [9.17, 15) is 17.6 Å². The van der Waals surface area contributed by atoms with Crippen LogP contribution in [0.2, 0.25) is 0 Å². The zero-order valence-corrected chi connectivity index (χ0v) is 17.6. The number of nitrogens with zero attached hydrogens (tertiary/aromatic N) is 1. The van der Waals surface area contributed by atoms with E-state index in [-0.39, 0.29) is 16.6 Å². The molecule has 1 N–H and O–H groups in total. The predicted molar refractivity (Wildman–Crippen MR) is 111 cm³/mol. The SMILES string of the molecule is Cc1ccc(S(=O)(=O)N2CCC(C)CC2)cc1C(=O)NCCc1ccc(F)cc1. The minimum atomic E-state index is -3.61. The summed E-state index contributed by atoms with van der Waals surface area (Å²) in [6.07, 6.45) is 2.26. The molecule has 7 heteroatoms. The Bertz CT molecular complexity index is 966. The summed E-state index contributed by atoms with van der Waals surface area (Å²) in [7, 11) is -3.61. The minimum Gasteiger partial charge on any atom is -0.352 e. The fraction of sp³-hybridized carbons (Fsp3) is 0.409. The number of hydrogen-bond donors (Lipinski definition) is 1. The molecule has 3 rings (SSSR count). The van der Waals surface area contributed by atoms with Gasteiger partial charge >= 0.3 is 0 Å². The van der Waals surface area contributed by atoms with Crippen LogP contribution in [0.3, 0.4) is 0 Å². The molecule has 1 aliphatic heterocycles. The van der Waals surface area contributed by atoms with E-state index >= 15 is 0 Å². The fourth-order valence-corrected chi connectivity index (χ4v) is 4.94. The molecule has 0 spiro atoms. The first-order chi connectivity index (χ1) is 13.8. The van der Waals surface area contributed by atoms with Crippen LogP contribution in [0.25, 0.3) is 0 Å². The highest BCUT2D eigenvalue weighted by Gasteiger charge is 2.28. The molecular formula is C22H27FN2O3S. The van der Waals surface area contributed by atoms with E-state index in [0.717, 1.165) is 24.0 Å². The number of halogens is 1. The van der Waals surface area contributed by atoms with Crippen molar-refractivity contribution >= 4 is 15.9 Å². The van der Waals surface area contributed by atoms with Crippen molar-refractivity contribution in [3.63, 3.8) is 0 Å². The summed E-state index contributed by atoms with van der Waals surface area (Å²) < 4.78 is 40.4. The Morgan fingerprint density at radius 2 is 1.79 bits per heavy atom.